The van der Waals surface area contributed by atoms with Gasteiger partial charge in [-0.25, -0.2) is 0 Å². The second-order valence-electron chi connectivity index (χ2n) is 5.61. The van der Waals surface area contributed by atoms with Crippen molar-refractivity contribution in [3.63, 3.8) is 0 Å². The fourth-order valence-corrected chi connectivity index (χ4v) is 3.29. The van der Waals surface area contributed by atoms with E-state index in [0.29, 0.717) is 0 Å². The van der Waals surface area contributed by atoms with Crippen LogP contribution in [0.5, 0.6) is 0 Å². The molecule has 20 heavy (non-hydrogen) atoms. The van der Waals surface area contributed by atoms with Crippen LogP contribution in [0.15, 0.2) is 78.6 Å². The molecule has 2 aliphatic rings. The average Bonchev–Trinajstić information content (AvgIpc) is 2.94. The maximum atomic E-state index is 4.03. The van der Waals surface area contributed by atoms with Crippen molar-refractivity contribution < 1.29 is 0 Å². The predicted octanol–water partition coefficient (Wildman–Crippen LogP) is 4.86. The Labute approximate surface area is 121 Å². The lowest BCUT2D eigenvalue weighted by molar-refractivity contribution is 0.553. The standard InChI is InChI=1S/C19H21N/c1-3-17-13-15-10-11-16(12-15)14-20(19(17)4-2)18-8-6-5-7-9-18/h3-10,16H,1-2,11-14H2/b19-17-. The highest BCUT2D eigenvalue weighted by molar-refractivity contribution is 5.58. The summed E-state index contributed by atoms with van der Waals surface area (Å²) in [6.07, 6.45) is 9.84. The second-order valence-corrected chi connectivity index (χ2v) is 5.61. The first-order valence-electron chi connectivity index (χ1n) is 7.30. The Morgan fingerprint density at radius 1 is 1.10 bits per heavy atom. The van der Waals surface area contributed by atoms with E-state index in [9.17, 15) is 0 Å². The van der Waals surface area contributed by atoms with E-state index in [1.807, 2.05) is 12.2 Å². The van der Waals surface area contributed by atoms with Crippen molar-refractivity contribution in [1.29, 1.82) is 0 Å². The minimum absolute atomic E-state index is 0.728. The zero-order valence-corrected chi connectivity index (χ0v) is 11.9. The summed E-state index contributed by atoms with van der Waals surface area (Å²) >= 11 is 0. The third-order valence-electron chi connectivity index (χ3n) is 4.28. The van der Waals surface area contributed by atoms with Gasteiger partial charge in [-0.1, -0.05) is 49.1 Å². The summed E-state index contributed by atoms with van der Waals surface area (Å²) in [6.45, 7) is 9.10. The maximum absolute atomic E-state index is 4.03. The van der Waals surface area contributed by atoms with Gasteiger partial charge < -0.3 is 4.90 Å². The van der Waals surface area contributed by atoms with E-state index in [1.165, 1.54) is 29.8 Å². The number of nitrogens with zero attached hydrogens (tertiary/aromatic N) is 1. The first kappa shape index (κ1) is 13.0. The molecular formula is C19H21N. The van der Waals surface area contributed by atoms with Gasteiger partial charge in [-0.15, -0.1) is 0 Å². The summed E-state index contributed by atoms with van der Waals surface area (Å²) in [6, 6.07) is 10.6. The minimum Gasteiger partial charge on any atom is -0.341 e. The van der Waals surface area contributed by atoms with Crippen LogP contribution in [-0.2, 0) is 0 Å². The molecule has 0 amide bonds. The lowest BCUT2D eigenvalue weighted by Crippen LogP contribution is -2.29. The van der Waals surface area contributed by atoms with E-state index in [0.717, 1.165) is 18.9 Å². The van der Waals surface area contributed by atoms with Crippen molar-refractivity contribution in [3.05, 3.63) is 78.6 Å². The Morgan fingerprint density at radius 3 is 2.60 bits per heavy atom. The zero-order valence-electron chi connectivity index (χ0n) is 11.9. The summed E-state index contributed by atoms with van der Waals surface area (Å²) in [5, 5.41) is 0. The summed E-state index contributed by atoms with van der Waals surface area (Å²) < 4.78 is 0. The fraction of sp³-hybridized carbons (Fsp3) is 0.263. The van der Waals surface area contributed by atoms with Crippen LogP contribution in [0, 0.1) is 5.92 Å². The molecule has 0 saturated heterocycles. The van der Waals surface area contributed by atoms with Gasteiger partial charge in [0.15, 0.2) is 0 Å². The molecule has 0 saturated carbocycles. The molecule has 1 nitrogen and oxygen atoms in total. The van der Waals surface area contributed by atoms with Gasteiger partial charge in [-0.05, 0) is 49.0 Å². The molecule has 1 aromatic rings. The molecule has 1 unspecified atom stereocenters. The van der Waals surface area contributed by atoms with E-state index in [4.69, 9.17) is 0 Å². The highest BCUT2D eigenvalue weighted by Gasteiger charge is 2.26. The normalized spacial score (nSPS) is 25.7. The molecule has 0 aromatic heterocycles. The van der Waals surface area contributed by atoms with Crippen molar-refractivity contribution in [1.82, 2.24) is 0 Å². The Morgan fingerprint density at radius 2 is 1.90 bits per heavy atom. The summed E-state index contributed by atoms with van der Waals surface area (Å²) in [7, 11) is 0. The van der Waals surface area contributed by atoms with Gasteiger partial charge in [0.05, 0.1) is 0 Å². The molecule has 102 valence electrons. The van der Waals surface area contributed by atoms with E-state index in [2.05, 4.69) is 54.5 Å². The first-order valence-corrected chi connectivity index (χ1v) is 7.30. The molecular weight excluding hydrogens is 242 g/mol. The number of allylic oxidation sites excluding steroid dienone is 5. The van der Waals surface area contributed by atoms with Gasteiger partial charge >= 0.3 is 0 Å². The topological polar surface area (TPSA) is 3.24 Å². The number of fused-ring (bicyclic) bond motifs is 2. The van der Waals surface area contributed by atoms with E-state index in [1.54, 1.807) is 5.57 Å². The van der Waals surface area contributed by atoms with Crippen molar-refractivity contribution in [2.24, 2.45) is 5.92 Å². The maximum Gasteiger partial charge on any atom is 0.0440 e. The summed E-state index contributed by atoms with van der Waals surface area (Å²) in [4.78, 5) is 2.41. The van der Waals surface area contributed by atoms with Crippen molar-refractivity contribution >= 4 is 5.69 Å². The van der Waals surface area contributed by atoms with Crippen LogP contribution in [0.4, 0.5) is 5.69 Å². The smallest absolute Gasteiger partial charge is 0.0440 e. The average molecular weight is 263 g/mol. The molecule has 0 N–H and O–H groups in total. The molecule has 2 bridgehead atoms. The Balaban J connectivity index is 2.07. The van der Waals surface area contributed by atoms with Crippen LogP contribution in [0.2, 0.25) is 0 Å². The fourth-order valence-electron chi connectivity index (χ4n) is 3.29. The highest BCUT2D eigenvalue weighted by Crippen LogP contribution is 2.37. The van der Waals surface area contributed by atoms with Crippen LogP contribution in [0.3, 0.4) is 0 Å². The quantitative estimate of drug-likeness (QED) is 0.704. The predicted molar refractivity (Wildman–Crippen MR) is 86.6 cm³/mol. The van der Waals surface area contributed by atoms with Gasteiger partial charge in [-0.2, -0.15) is 0 Å². The van der Waals surface area contributed by atoms with E-state index in [-0.39, 0.29) is 0 Å². The SMILES string of the molecule is C=C/C1=C(\C=C)N(c2ccccc2)CC2CC=C(C1)C2. The Bertz CT molecular complexity index is 577. The van der Waals surface area contributed by atoms with Gasteiger partial charge in [-0.3, -0.25) is 0 Å². The van der Waals surface area contributed by atoms with Gasteiger partial charge in [0.25, 0.3) is 0 Å². The Hall–Kier alpha value is -2.02. The molecule has 1 aliphatic carbocycles. The van der Waals surface area contributed by atoms with E-state index < -0.39 is 0 Å². The molecule has 1 aromatic carbocycles. The number of benzene rings is 1. The third-order valence-corrected chi connectivity index (χ3v) is 4.28. The van der Waals surface area contributed by atoms with Gasteiger partial charge in [0.1, 0.15) is 0 Å². The second kappa shape index (κ2) is 5.54. The molecule has 0 spiro atoms. The summed E-state index contributed by atoms with van der Waals surface area (Å²) in [5.74, 6) is 0.728. The van der Waals surface area contributed by atoms with Crippen molar-refractivity contribution in [2.45, 2.75) is 19.3 Å². The molecule has 1 heteroatoms. The van der Waals surface area contributed by atoms with Crippen LogP contribution in [0.1, 0.15) is 19.3 Å². The summed E-state index contributed by atoms with van der Waals surface area (Å²) in [5.41, 5.74) is 5.31. The van der Waals surface area contributed by atoms with E-state index >= 15 is 0 Å². The Kier molecular flexibility index (Phi) is 3.60. The van der Waals surface area contributed by atoms with Crippen molar-refractivity contribution in [2.75, 3.05) is 11.4 Å². The van der Waals surface area contributed by atoms with Crippen LogP contribution in [0.25, 0.3) is 0 Å². The number of rotatable bonds is 3. The molecule has 1 heterocycles. The molecule has 0 radical (unpaired) electrons. The number of hydrogen-bond acceptors (Lipinski definition) is 1. The van der Waals surface area contributed by atoms with Crippen molar-refractivity contribution in [3.8, 4) is 0 Å². The molecule has 0 fully saturated rings. The van der Waals surface area contributed by atoms with Gasteiger partial charge in [0.2, 0.25) is 0 Å². The minimum atomic E-state index is 0.728. The van der Waals surface area contributed by atoms with Crippen LogP contribution < -0.4 is 4.90 Å². The first-order chi connectivity index (χ1) is 9.81. The highest BCUT2D eigenvalue weighted by atomic mass is 15.1. The zero-order chi connectivity index (χ0) is 13.9. The number of hydrogen-bond donors (Lipinski definition) is 0. The lowest BCUT2D eigenvalue weighted by atomic mass is 9.95. The van der Waals surface area contributed by atoms with Crippen LogP contribution >= 0.6 is 0 Å². The number of anilines is 1. The number of para-hydroxylation sites is 1. The largest absolute Gasteiger partial charge is 0.341 e. The monoisotopic (exact) mass is 263 g/mol. The van der Waals surface area contributed by atoms with Gasteiger partial charge in [0, 0.05) is 17.9 Å². The third kappa shape index (κ3) is 2.36. The lowest BCUT2D eigenvalue weighted by Gasteiger charge is -2.32. The molecule has 1 aliphatic heterocycles. The molecule has 3 rings (SSSR count). The van der Waals surface area contributed by atoms with Crippen LogP contribution in [-0.4, -0.2) is 6.54 Å². The molecule has 1 atom stereocenters.